The molecule has 3 aromatic carbocycles. The predicted molar refractivity (Wildman–Crippen MR) is 137 cm³/mol. The molecule has 0 spiro atoms. The minimum absolute atomic E-state index is 0.0582. The number of hydrogen-bond donors (Lipinski definition) is 0. The Morgan fingerprint density at radius 2 is 1.76 bits per heavy atom. The number of hydrazone groups is 1. The summed E-state index contributed by atoms with van der Waals surface area (Å²) in [6.07, 6.45) is 2.59. The first-order valence-electron chi connectivity index (χ1n) is 10.4. The number of halogens is 1. The molecule has 1 atom stereocenters. The van der Waals surface area contributed by atoms with Crippen molar-refractivity contribution in [3.05, 3.63) is 105 Å². The van der Waals surface area contributed by atoms with Crippen LogP contribution in [0.2, 0.25) is 0 Å². The van der Waals surface area contributed by atoms with Crippen LogP contribution in [0.15, 0.2) is 98.3 Å². The summed E-state index contributed by atoms with van der Waals surface area (Å²) in [5.41, 5.74) is 4.08. The maximum atomic E-state index is 12.7. The molecule has 0 N–H and O–H groups in total. The first-order valence-corrected chi connectivity index (χ1v) is 12.1. The molecule has 7 heteroatoms. The van der Waals surface area contributed by atoms with Gasteiger partial charge in [-0.05, 0) is 58.8 Å². The fourth-order valence-electron chi connectivity index (χ4n) is 3.78. The molecule has 0 bridgehead atoms. The number of thioether (sulfide) groups is 1. The molecule has 1 amide bonds. The number of carbonyl (C=O) groups excluding carboxylic acids is 1. The molecule has 0 fully saturated rings. The molecular weight excluding hydrogens is 498 g/mol. The molecule has 0 saturated carbocycles. The first kappa shape index (κ1) is 21.7. The molecule has 2 aliphatic rings. The van der Waals surface area contributed by atoms with Gasteiger partial charge in [-0.25, -0.2) is 5.01 Å². The van der Waals surface area contributed by atoms with Crippen LogP contribution < -0.4 is 4.74 Å². The van der Waals surface area contributed by atoms with E-state index >= 15 is 0 Å². The smallest absolute Gasteiger partial charge is 0.286 e. The minimum Gasteiger partial charge on any atom is -0.497 e. The van der Waals surface area contributed by atoms with E-state index < -0.39 is 0 Å². The van der Waals surface area contributed by atoms with E-state index in [1.54, 1.807) is 7.11 Å². The Hall–Kier alpha value is -3.16. The van der Waals surface area contributed by atoms with E-state index in [0.29, 0.717) is 10.1 Å². The molecule has 1 unspecified atom stereocenters. The number of amides is 1. The minimum atomic E-state index is -0.241. The maximum absolute atomic E-state index is 12.7. The highest BCUT2D eigenvalue weighted by Crippen LogP contribution is 2.40. The van der Waals surface area contributed by atoms with E-state index in [9.17, 15) is 4.79 Å². The van der Waals surface area contributed by atoms with Crippen molar-refractivity contribution in [2.24, 2.45) is 10.1 Å². The van der Waals surface area contributed by atoms with Crippen LogP contribution in [0.25, 0.3) is 6.08 Å². The first-order chi connectivity index (χ1) is 16.1. The molecule has 164 valence electrons. The number of rotatable bonds is 4. The number of aliphatic imine (C=N–C) groups is 1. The van der Waals surface area contributed by atoms with Crippen LogP contribution in [0.1, 0.15) is 29.2 Å². The van der Waals surface area contributed by atoms with Gasteiger partial charge in [0, 0.05) is 10.9 Å². The van der Waals surface area contributed by atoms with Gasteiger partial charge >= 0.3 is 0 Å². The lowest BCUT2D eigenvalue weighted by Crippen LogP contribution is -2.23. The quantitative estimate of drug-likeness (QED) is 0.382. The van der Waals surface area contributed by atoms with E-state index in [4.69, 9.17) is 9.84 Å². The highest BCUT2D eigenvalue weighted by molar-refractivity contribution is 9.10. The monoisotopic (exact) mass is 517 g/mol. The Kier molecular flexibility index (Phi) is 6.15. The fraction of sp³-hybridized carbons (Fsp3) is 0.115. The van der Waals surface area contributed by atoms with Gasteiger partial charge in [0.2, 0.25) is 0 Å². The number of hydrogen-bond acceptors (Lipinski definition) is 5. The van der Waals surface area contributed by atoms with E-state index in [1.165, 1.54) is 11.8 Å². The van der Waals surface area contributed by atoms with Crippen LogP contribution in [-0.2, 0) is 4.79 Å². The Balaban J connectivity index is 1.47. The summed E-state index contributed by atoms with van der Waals surface area (Å²) in [5.74, 6) is 0.560. The van der Waals surface area contributed by atoms with Crippen LogP contribution >= 0.6 is 27.7 Å². The van der Waals surface area contributed by atoms with Crippen molar-refractivity contribution in [2.75, 3.05) is 7.11 Å². The van der Waals surface area contributed by atoms with Crippen molar-refractivity contribution in [2.45, 2.75) is 12.5 Å². The largest absolute Gasteiger partial charge is 0.497 e. The molecule has 0 saturated heterocycles. The zero-order valence-electron chi connectivity index (χ0n) is 17.8. The molecule has 2 heterocycles. The summed E-state index contributed by atoms with van der Waals surface area (Å²) < 4.78 is 6.31. The SMILES string of the molecule is COc1ccc(C2CC(c3ccccc3)=NN2C2=NC(=O)/C(=C/c3ccc(Br)cc3)S2)cc1. The van der Waals surface area contributed by atoms with Crippen molar-refractivity contribution < 1.29 is 9.53 Å². The van der Waals surface area contributed by atoms with Gasteiger partial charge in [-0.15, -0.1) is 0 Å². The number of benzene rings is 3. The summed E-state index contributed by atoms with van der Waals surface area (Å²) >= 11 is 4.80. The third kappa shape index (κ3) is 4.65. The van der Waals surface area contributed by atoms with Crippen LogP contribution in [0, 0.1) is 0 Å². The third-order valence-electron chi connectivity index (χ3n) is 5.49. The molecule has 0 aliphatic carbocycles. The van der Waals surface area contributed by atoms with Gasteiger partial charge in [-0.3, -0.25) is 4.79 Å². The maximum Gasteiger partial charge on any atom is 0.286 e. The van der Waals surface area contributed by atoms with E-state index in [1.807, 2.05) is 77.8 Å². The van der Waals surface area contributed by atoms with E-state index in [0.717, 1.165) is 39.0 Å². The summed E-state index contributed by atoms with van der Waals surface area (Å²) in [7, 11) is 1.66. The average molecular weight is 518 g/mol. The van der Waals surface area contributed by atoms with Crippen molar-refractivity contribution in [1.29, 1.82) is 0 Å². The van der Waals surface area contributed by atoms with Crippen molar-refractivity contribution >= 4 is 50.6 Å². The standard InChI is InChI=1S/C26H20BrN3O2S/c1-32-21-13-9-19(10-14-21)23-16-22(18-5-3-2-4-6-18)29-30(23)26-28-25(31)24(33-26)15-17-7-11-20(27)12-8-17/h2-15,23H,16H2,1H3/b24-15-. The lowest BCUT2D eigenvalue weighted by molar-refractivity contribution is -0.113. The second kappa shape index (κ2) is 9.37. The summed E-state index contributed by atoms with van der Waals surface area (Å²) in [6, 6.07) is 25.9. The molecule has 3 aromatic rings. The number of carbonyl (C=O) groups is 1. The molecule has 5 nitrogen and oxygen atoms in total. The molecule has 0 aromatic heterocycles. The Morgan fingerprint density at radius 1 is 1.03 bits per heavy atom. The normalized spacial score (nSPS) is 19.1. The van der Waals surface area contributed by atoms with Gasteiger partial charge in [0.25, 0.3) is 5.91 Å². The molecule has 0 radical (unpaired) electrons. The van der Waals surface area contributed by atoms with Crippen molar-refractivity contribution in [1.82, 2.24) is 5.01 Å². The second-order valence-electron chi connectivity index (χ2n) is 7.61. The van der Waals surface area contributed by atoms with E-state index in [-0.39, 0.29) is 11.9 Å². The summed E-state index contributed by atoms with van der Waals surface area (Å²) in [5, 5.41) is 7.39. The molecular formula is C26H20BrN3O2S. The number of methoxy groups -OCH3 is 1. The summed E-state index contributed by atoms with van der Waals surface area (Å²) in [6.45, 7) is 0. The lowest BCUT2D eigenvalue weighted by Gasteiger charge is -2.22. The number of amidine groups is 1. The number of ether oxygens (including phenoxy) is 1. The van der Waals surface area contributed by atoms with Crippen LogP contribution in [0.3, 0.4) is 0 Å². The third-order valence-corrected chi connectivity index (χ3v) is 6.99. The lowest BCUT2D eigenvalue weighted by atomic mass is 9.98. The Morgan fingerprint density at radius 3 is 2.45 bits per heavy atom. The van der Waals surface area contributed by atoms with Gasteiger partial charge in [-0.1, -0.05) is 70.5 Å². The molecule has 33 heavy (non-hydrogen) atoms. The second-order valence-corrected chi connectivity index (χ2v) is 9.54. The molecule has 2 aliphatic heterocycles. The van der Waals surface area contributed by atoms with Crippen LogP contribution in [-0.4, -0.2) is 28.9 Å². The zero-order valence-corrected chi connectivity index (χ0v) is 20.2. The molecule has 5 rings (SSSR count). The Labute approximate surface area is 205 Å². The Bertz CT molecular complexity index is 1270. The highest BCUT2D eigenvalue weighted by Gasteiger charge is 2.36. The topological polar surface area (TPSA) is 54.3 Å². The predicted octanol–water partition coefficient (Wildman–Crippen LogP) is 6.28. The highest BCUT2D eigenvalue weighted by atomic mass is 79.9. The van der Waals surface area contributed by atoms with Crippen LogP contribution in [0.4, 0.5) is 0 Å². The van der Waals surface area contributed by atoms with Crippen molar-refractivity contribution in [3.63, 3.8) is 0 Å². The van der Waals surface area contributed by atoms with Crippen LogP contribution in [0.5, 0.6) is 5.75 Å². The van der Waals surface area contributed by atoms with Gasteiger partial charge in [0.15, 0.2) is 5.17 Å². The average Bonchev–Trinajstić information content (AvgIpc) is 3.45. The number of nitrogens with zero attached hydrogens (tertiary/aromatic N) is 3. The van der Waals surface area contributed by atoms with Gasteiger partial charge in [0.05, 0.1) is 23.8 Å². The van der Waals surface area contributed by atoms with Gasteiger partial charge in [-0.2, -0.15) is 10.1 Å². The van der Waals surface area contributed by atoms with Gasteiger partial charge in [0.1, 0.15) is 5.75 Å². The fourth-order valence-corrected chi connectivity index (χ4v) is 4.96. The van der Waals surface area contributed by atoms with Crippen molar-refractivity contribution in [3.8, 4) is 5.75 Å². The van der Waals surface area contributed by atoms with E-state index in [2.05, 4.69) is 33.1 Å². The summed E-state index contributed by atoms with van der Waals surface area (Å²) in [4.78, 5) is 17.7. The van der Waals surface area contributed by atoms with Gasteiger partial charge < -0.3 is 4.74 Å². The zero-order chi connectivity index (χ0) is 22.8.